The normalized spacial score (nSPS) is 8.92. The van der Waals surface area contributed by atoms with Crippen LogP contribution in [0.4, 0.5) is 11.4 Å². The molecule has 65 valence electrons. The van der Waals surface area contributed by atoms with Gasteiger partial charge in [0.1, 0.15) is 0 Å². The molecular weight excluding hydrogens is 179 g/mol. The van der Waals surface area contributed by atoms with Crippen molar-refractivity contribution in [3.63, 3.8) is 0 Å². The molecule has 1 radical (unpaired) electrons. The summed E-state index contributed by atoms with van der Waals surface area (Å²) in [5.41, 5.74) is 12.5. The Kier molecular flexibility index (Phi) is 4.83. The Labute approximate surface area is 98.2 Å². The number of aliphatic carboxylic acids is 1. The smallest absolute Gasteiger partial charge is 0.307 e. The summed E-state index contributed by atoms with van der Waals surface area (Å²) in [6.45, 7) is 0. The van der Waals surface area contributed by atoms with Gasteiger partial charge in [0, 0.05) is 40.9 Å². The first-order chi connectivity index (χ1) is 5.59. The van der Waals surface area contributed by atoms with E-state index in [2.05, 4.69) is 0 Å². The van der Waals surface area contributed by atoms with Crippen molar-refractivity contribution in [1.82, 2.24) is 0 Å². The molecule has 0 saturated heterocycles. The van der Waals surface area contributed by atoms with Crippen LogP contribution in [0.3, 0.4) is 0 Å². The molecular formula is C8H10N2NaO2. The van der Waals surface area contributed by atoms with Crippen molar-refractivity contribution in [2.24, 2.45) is 0 Å². The maximum atomic E-state index is 10.3. The third-order valence-electron chi connectivity index (χ3n) is 1.51. The fraction of sp³-hybridized carbons (Fsp3) is 0.125. The van der Waals surface area contributed by atoms with Gasteiger partial charge in [-0.2, -0.15) is 0 Å². The molecule has 0 heterocycles. The van der Waals surface area contributed by atoms with E-state index in [1.807, 2.05) is 0 Å². The summed E-state index contributed by atoms with van der Waals surface area (Å²) >= 11 is 0. The maximum Gasteiger partial charge on any atom is 0.307 e. The predicted octanol–water partition coefficient (Wildman–Crippen LogP) is 0.0973. The summed E-state index contributed by atoms with van der Waals surface area (Å²) in [7, 11) is 0. The first-order valence-corrected chi connectivity index (χ1v) is 3.45. The predicted molar refractivity (Wildman–Crippen MR) is 52.4 cm³/mol. The summed E-state index contributed by atoms with van der Waals surface area (Å²) in [6.07, 6.45) is -0.0634. The maximum absolute atomic E-state index is 10.3. The van der Waals surface area contributed by atoms with E-state index in [-0.39, 0.29) is 36.0 Å². The standard InChI is InChI=1S/C8H10N2O2.Na/c9-6-2-1-5(3-8(11)12)7(10)4-6;/h1-2,4H,3,9-10H2,(H,11,12);. The van der Waals surface area contributed by atoms with E-state index < -0.39 is 5.97 Å². The second-order valence-corrected chi connectivity index (χ2v) is 2.53. The van der Waals surface area contributed by atoms with Crippen LogP contribution < -0.4 is 11.5 Å². The van der Waals surface area contributed by atoms with E-state index in [0.717, 1.165) is 0 Å². The summed E-state index contributed by atoms with van der Waals surface area (Å²) in [5.74, 6) is -0.897. The number of hydrogen-bond acceptors (Lipinski definition) is 3. The molecule has 0 unspecified atom stereocenters. The number of nitrogen functional groups attached to an aromatic ring is 2. The molecule has 5 N–H and O–H groups in total. The van der Waals surface area contributed by atoms with Gasteiger partial charge in [-0.1, -0.05) is 6.07 Å². The van der Waals surface area contributed by atoms with Gasteiger partial charge >= 0.3 is 5.97 Å². The number of carboxylic acids is 1. The Bertz CT molecular complexity index is 315. The largest absolute Gasteiger partial charge is 0.481 e. The van der Waals surface area contributed by atoms with Gasteiger partial charge < -0.3 is 16.6 Å². The molecule has 4 nitrogen and oxygen atoms in total. The zero-order chi connectivity index (χ0) is 9.14. The van der Waals surface area contributed by atoms with Gasteiger partial charge in [-0.25, -0.2) is 0 Å². The van der Waals surface area contributed by atoms with E-state index >= 15 is 0 Å². The molecule has 13 heavy (non-hydrogen) atoms. The topological polar surface area (TPSA) is 89.3 Å². The fourth-order valence-corrected chi connectivity index (χ4v) is 0.937. The molecule has 0 bridgehead atoms. The number of rotatable bonds is 2. The van der Waals surface area contributed by atoms with Gasteiger partial charge in [0.15, 0.2) is 0 Å². The molecule has 0 atom stereocenters. The minimum absolute atomic E-state index is 0. The van der Waals surface area contributed by atoms with E-state index in [9.17, 15) is 4.79 Å². The summed E-state index contributed by atoms with van der Waals surface area (Å²) in [5, 5.41) is 8.47. The Hall–Kier alpha value is -0.710. The van der Waals surface area contributed by atoms with Gasteiger partial charge in [0.2, 0.25) is 0 Å². The Morgan fingerprint density at radius 3 is 2.46 bits per heavy atom. The average molecular weight is 189 g/mol. The van der Waals surface area contributed by atoms with Crippen LogP contribution in [0.15, 0.2) is 18.2 Å². The van der Waals surface area contributed by atoms with Crippen molar-refractivity contribution in [3.05, 3.63) is 23.8 Å². The molecule has 0 aliphatic rings. The Morgan fingerprint density at radius 2 is 2.00 bits per heavy atom. The molecule has 1 aromatic carbocycles. The van der Waals surface area contributed by atoms with Gasteiger partial charge in [0.05, 0.1) is 6.42 Å². The number of nitrogens with two attached hydrogens (primary N) is 2. The second-order valence-electron chi connectivity index (χ2n) is 2.53. The first kappa shape index (κ1) is 12.3. The van der Waals surface area contributed by atoms with E-state index in [1.165, 1.54) is 0 Å². The van der Waals surface area contributed by atoms with E-state index in [1.54, 1.807) is 18.2 Å². The molecule has 1 aromatic rings. The molecule has 1 rings (SSSR count). The molecule has 0 saturated carbocycles. The van der Waals surface area contributed by atoms with Gasteiger partial charge in [-0.05, 0) is 17.7 Å². The van der Waals surface area contributed by atoms with Crippen LogP contribution >= 0.6 is 0 Å². The zero-order valence-corrected chi connectivity index (χ0v) is 9.45. The SMILES string of the molecule is Nc1ccc(CC(=O)O)c(N)c1.[Na]. The fourth-order valence-electron chi connectivity index (χ4n) is 0.937. The van der Waals surface area contributed by atoms with Crippen LogP contribution in [0.5, 0.6) is 0 Å². The average Bonchev–Trinajstić information content (AvgIpc) is 1.94. The minimum Gasteiger partial charge on any atom is -0.481 e. The molecule has 0 fully saturated rings. The molecule has 0 aromatic heterocycles. The Morgan fingerprint density at radius 1 is 1.38 bits per heavy atom. The summed E-state index contributed by atoms with van der Waals surface area (Å²) in [6, 6.07) is 4.81. The number of carbonyl (C=O) groups is 1. The molecule has 0 aliphatic carbocycles. The number of hydrogen-bond donors (Lipinski definition) is 3. The van der Waals surface area contributed by atoms with Crippen molar-refractivity contribution < 1.29 is 9.90 Å². The van der Waals surface area contributed by atoms with Crippen molar-refractivity contribution in [3.8, 4) is 0 Å². The molecule has 0 spiro atoms. The number of benzene rings is 1. The molecule has 0 aliphatic heterocycles. The van der Waals surface area contributed by atoms with Crippen LogP contribution in [-0.2, 0) is 11.2 Å². The van der Waals surface area contributed by atoms with Crippen molar-refractivity contribution in [2.45, 2.75) is 6.42 Å². The van der Waals surface area contributed by atoms with Crippen LogP contribution in [0.1, 0.15) is 5.56 Å². The van der Waals surface area contributed by atoms with Crippen LogP contribution in [-0.4, -0.2) is 40.6 Å². The monoisotopic (exact) mass is 189 g/mol. The summed E-state index contributed by atoms with van der Waals surface area (Å²) < 4.78 is 0. The Balaban J connectivity index is 0.00000144. The molecule has 0 amide bonds. The second kappa shape index (κ2) is 5.11. The molecule has 5 heteroatoms. The number of carboxylic acid groups (broad SMARTS) is 1. The van der Waals surface area contributed by atoms with E-state index in [0.29, 0.717) is 16.9 Å². The minimum atomic E-state index is -0.897. The van der Waals surface area contributed by atoms with Crippen molar-refractivity contribution in [2.75, 3.05) is 11.5 Å². The van der Waals surface area contributed by atoms with Gasteiger partial charge in [0.25, 0.3) is 0 Å². The quantitative estimate of drug-likeness (QED) is 0.454. The van der Waals surface area contributed by atoms with Crippen LogP contribution in [0.2, 0.25) is 0 Å². The summed E-state index contributed by atoms with van der Waals surface area (Å²) in [4.78, 5) is 10.3. The first-order valence-electron chi connectivity index (χ1n) is 3.45. The zero-order valence-electron chi connectivity index (χ0n) is 7.45. The number of anilines is 2. The van der Waals surface area contributed by atoms with Gasteiger partial charge in [-0.3, -0.25) is 4.79 Å². The third-order valence-corrected chi connectivity index (χ3v) is 1.51. The van der Waals surface area contributed by atoms with Crippen LogP contribution in [0, 0.1) is 0 Å². The van der Waals surface area contributed by atoms with E-state index in [4.69, 9.17) is 16.6 Å². The third kappa shape index (κ3) is 3.67. The van der Waals surface area contributed by atoms with Gasteiger partial charge in [-0.15, -0.1) is 0 Å². The van der Waals surface area contributed by atoms with Crippen molar-refractivity contribution in [1.29, 1.82) is 0 Å². The van der Waals surface area contributed by atoms with Crippen molar-refractivity contribution >= 4 is 46.9 Å². The van der Waals surface area contributed by atoms with Crippen LogP contribution in [0.25, 0.3) is 0 Å².